The van der Waals surface area contributed by atoms with Gasteiger partial charge in [-0.1, -0.05) is 6.92 Å². The van der Waals surface area contributed by atoms with Crippen molar-refractivity contribution in [1.29, 1.82) is 0 Å². The normalized spacial score (nSPS) is 16.4. The molecule has 0 radical (unpaired) electrons. The van der Waals surface area contributed by atoms with Crippen molar-refractivity contribution in [3.05, 3.63) is 24.3 Å². The molecule has 7 heteroatoms. The topological polar surface area (TPSA) is 75.7 Å². The van der Waals surface area contributed by atoms with E-state index in [1.54, 1.807) is 17.0 Å². The molecule has 1 aliphatic heterocycles. The highest BCUT2D eigenvalue weighted by atomic mass is 32.2. The van der Waals surface area contributed by atoms with E-state index in [9.17, 15) is 13.2 Å². The molecule has 1 aromatic rings. The fraction of sp³-hybridized carbons (Fsp3) is 0.462. The summed E-state index contributed by atoms with van der Waals surface area (Å²) in [5.41, 5.74) is 0.688. The van der Waals surface area contributed by atoms with Crippen LogP contribution in [0.3, 0.4) is 0 Å². The highest BCUT2D eigenvalue weighted by Crippen LogP contribution is 2.19. The molecule has 1 fully saturated rings. The molecular weight excluding hydrogens is 280 g/mol. The Kier molecular flexibility index (Phi) is 4.74. The number of rotatable bonds is 5. The van der Waals surface area contributed by atoms with Gasteiger partial charge in [0, 0.05) is 18.8 Å². The van der Waals surface area contributed by atoms with Crippen molar-refractivity contribution < 1.29 is 17.9 Å². The third kappa shape index (κ3) is 3.36. The van der Waals surface area contributed by atoms with Crippen molar-refractivity contribution in [2.75, 3.05) is 31.2 Å². The Hall–Kier alpha value is -1.44. The number of hydrogen-bond acceptors (Lipinski definition) is 4. The van der Waals surface area contributed by atoms with Crippen LogP contribution in [0.2, 0.25) is 0 Å². The van der Waals surface area contributed by atoms with Gasteiger partial charge in [-0.3, -0.25) is 4.79 Å². The van der Waals surface area contributed by atoms with Crippen LogP contribution in [0.15, 0.2) is 29.2 Å². The lowest BCUT2D eigenvalue weighted by Crippen LogP contribution is -2.41. The van der Waals surface area contributed by atoms with E-state index in [-0.39, 0.29) is 17.4 Å². The predicted octanol–water partition coefficient (Wildman–Crippen LogP) is 0.738. The SMILES string of the molecule is CCCNS(=O)(=O)c1ccc(N2CCOCC2=O)cc1. The van der Waals surface area contributed by atoms with Crippen LogP contribution in [0.4, 0.5) is 5.69 Å². The van der Waals surface area contributed by atoms with Gasteiger partial charge in [-0.15, -0.1) is 0 Å². The van der Waals surface area contributed by atoms with Crippen LogP contribution in [0.1, 0.15) is 13.3 Å². The molecule has 6 nitrogen and oxygen atoms in total. The highest BCUT2D eigenvalue weighted by molar-refractivity contribution is 7.89. The maximum atomic E-state index is 11.9. The zero-order valence-electron chi connectivity index (χ0n) is 11.3. The van der Waals surface area contributed by atoms with Crippen LogP contribution < -0.4 is 9.62 Å². The number of benzene rings is 1. The lowest BCUT2D eigenvalue weighted by Gasteiger charge is -2.26. The summed E-state index contributed by atoms with van der Waals surface area (Å²) in [5, 5.41) is 0. The lowest BCUT2D eigenvalue weighted by atomic mass is 10.2. The second-order valence-electron chi connectivity index (χ2n) is 4.49. The summed E-state index contributed by atoms with van der Waals surface area (Å²) in [6.45, 7) is 3.35. The molecule has 0 spiro atoms. The molecule has 0 saturated carbocycles. The Bertz CT molecular complexity index is 569. The summed E-state index contributed by atoms with van der Waals surface area (Å²) in [6.07, 6.45) is 0.736. The number of amides is 1. The van der Waals surface area contributed by atoms with Gasteiger partial charge in [-0.2, -0.15) is 0 Å². The first-order valence-electron chi connectivity index (χ1n) is 6.52. The number of ether oxygens (including phenoxy) is 1. The number of hydrogen-bond donors (Lipinski definition) is 1. The molecule has 1 amide bonds. The molecule has 1 aromatic carbocycles. The smallest absolute Gasteiger partial charge is 0.253 e. The Morgan fingerprint density at radius 1 is 1.30 bits per heavy atom. The van der Waals surface area contributed by atoms with E-state index in [4.69, 9.17) is 4.74 Å². The molecule has 0 aromatic heterocycles. The summed E-state index contributed by atoms with van der Waals surface area (Å²) in [7, 11) is -3.46. The summed E-state index contributed by atoms with van der Waals surface area (Å²) in [4.78, 5) is 13.5. The van der Waals surface area contributed by atoms with Gasteiger partial charge < -0.3 is 9.64 Å². The van der Waals surface area contributed by atoms with Crippen molar-refractivity contribution in [3.63, 3.8) is 0 Å². The average Bonchev–Trinajstić information content (AvgIpc) is 2.46. The van der Waals surface area contributed by atoms with Crippen LogP contribution >= 0.6 is 0 Å². The fourth-order valence-corrected chi connectivity index (χ4v) is 3.05. The third-order valence-electron chi connectivity index (χ3n) is 2.99. The Morgan fingerprint density at radius 2 is 2.00 bits per heavy atom. The van der Waals surface area contributed by atoms with Gasteiger partial charge in [0.2, 0.25) is 10.0 Å². The van der Waals surface area contributed by atoms with Crippen molar-refractivity contribution in [3.8, 4) is 0 Å². The van der Waals surface area contributed by atoms with Gasteiger partial charge in [0.05, 0.1) is 11.5 Å². The van der Waals surface area contributed by atoms with Gasteiger partial charge in [-0.05, 0) is 30.7 Å². The van der Waals surface area contributed by atoms with E-state index in [1.807, 2.05) is 6.92 Å². The molecule has 1 N–H and O–H groups in total. The molecule has 1 saturated heterocycles. The zero-order chi connectivity index (χ0) is 14.6. The van der Waals surface area contributed by atoms with Gasteiger partial charge in [0.25, 0.3) is 5.91 Å². The van der Waals surface area contributed by atoms with E-state index in [2.05, 4.69) is 4.72 Å². The van der Waals surface area contributed by atoms with E-state index >= 15 is 0 Å². The molecule has 110 valence electrons. The first-order chi connectivity index (χ1) is 9.54. The van der Waals surface area contributed by atoms with E-state index in [0.29, 0.717) is 25.4 Å². The molecule has 0 atom stereocenters. The van der Waals surface area contributed by atoms with Crippen LogP contribution in [-0.2, 0) is 19.6 Å². The number of anilines is 1. The lowest BCUT2D eigenvalue weighted by molar-refractivity contribution is -0.125. The van der Waals surface area contributed by atoms with E-state index < -0.39 is 10.0 Å². The third-order valence-corrected chi connectivity index (χ3v) is 4.46. The van der Waals surface area contributed by atoms with E-state index in [0.717, 1.165) is 6.42 Å². The number of nitrogens with zero attached hydrogens (tertiary/aromatic N) is 1. The van der Waals surface area contributed by atoms with Gasteiger partial charge in [0.1, 0.15) is 6.61 Å². The molecule has 0 aliphatic carbocycles. The van der Waals surface area contributed by atoms with Gasteiger partial charge in [-0.25, -0.2) is 13.1 Å². The minimum absolute atomic E-state index is 0.0676. The van der Waals surface area contributed by atoms with Gasteiger partial charge in [0.15, 0.2) is 0 Å². The van der Waals surface area contributed by atoms with Crippen LogP contribution in [-0.4, -0.2) is 40.6 Å². The monoisotopic (exact) mass is 298 g/mol. The number of morpholine rings is 1. The summed E-state index contributed by atoms with van der Waals surface area (Å²) in [6, 6.07) is 6.31. The molecule has 1 heterocycles. The summed E-state index contributed by atoms with van der Waals surface area (Å²) >= 11 is 0. The first kappa shape index (κ1) is 15.0. The van der Waals surface area contributed by atoms with Crippen LogP contribution in [0.25, 0.3) is 0 Å². The average molecular weight is 298 g/mol. The summed E-state index contributed by atoms with van der Waals surface area (Å²) in [5.74, 6) is -0.115. The fourth-order valence-electron chi connectivity index (χ4n) is 1.92. The minimum Gasteiger partial charge on any atom is -0.370 e. The van der Waals surface area contributed by atoms with Crippen LogP contribution in [0, 0.1) is 0 Å². The van der Waals surface area contributed by atoms with Crippen molar-refractivity contribution in [1.82, 2.24) is 4.72 Å². The molecule has 0 bridgehead atoms. The maximum absolute atomic E-state index is 11.9. The zero-order valence-corrected chi connectivity index (χ0v) is 12.1. The molecule has 20 heavy (non-hydrogen) atoms. The molecule has 0 unspecified atom stereocenters. The minimum atomic E-state index is -3.46. The van der Waals surface area contributed by atoms with E-state index in [1.165, 1.54) is 12.1 Å². The number of carbonyl (C=O) groups excluding carboxylic acids is 1. The quantitative estimate of drug-likeness (QED) is 0.870. The van der Waals surface area contributed by atoms with Crippen LogP contribution in [0.5, 0.6) is 0 Å². The number of sulfonamides is 1. The largest absolute Gasteiger partial charge is 0.370 e. The molecule has 2 rings (SSSR count). The number of carbonyl (C=O) groups is 1. The van der Waals surface area contributed by atoms with Crippen molar-refractivity contribution in [2.45, 2.75) is 18.2 Å². The predicted molar refractivity (Wildman–Crippen MR) is 75.1 cm³/mol. The summed E-state index contributed by atoms with van der Waals surface area (Å²) < 4.78 is 31.4. The Balaban J connectivity index is 2.15. The second kappa shape index (κ2) is 6.34. The van der Waals surface area contributed by atoms with Crippen molar-refractivity contribution in [2.24, 2.45) is 0 Å². The van der Waals surface area contributed by atoms with Crippen molar-refractivity contribution >= 4 is 21.6 Å². The standard InChI is InChI=1S/C13H18N2O4S/c1-2-7-14-20(17,18)12-5-3-11(4-6-12)15-8-9-19-10-13(15)16/h3-6,14H,2,7-10H2,1H3. The Morgan fingerprint density at radius 3 is 2.60 bits per heavy atom. The molecule has 1 aliphatic rings. The molecular formula is C13H18N2O4S. The highest BCUT2D eigenvalue weighted by Gasteiger charge is 2.21. The second-order valence-corrected chi connectivity index (χ2v) is 6.26. The maximum Gasteiger partial charge on any atom is 0.253 e. The van der Waals surface area contributed by atoms with Gasteiger partial charge >= 0.3 is 0 Å². The number of nitrogens with one attached hydrogen (secondary N) is 1. The Labute approximate surface area is 118 Å². The first-order valence-corrected chi connectivity index (χ1v) is 8.01.